The first kappa shape index (κ1) is 18.3. The first-order chi connectivity index (χ1) is 8.60. The van der Waals surface area contributed by atoms with Gasteiger partial charge in [0.25, 0.3) is 5.91 Å². The Morgan fingerprint density at radius 2 is 1.95 bits per heavy atom. The molecule has 0 aromatic heterocycles. The van der Waals surface area contributed by atoms with Crippen LogP contribution in [0.5, 0.6) is 0 Å². The Kier molecular flexibility index (Phi) is 8.89. The standard InChI is InChI=1S/C14H22N2OS.ClH/c1-4-18-10-12-5-7-13(8-6-12)14(17)16(3)11(2)9-15;/h5-8,11H,4,9-10,15H2,1-3H3;1H. The van der Waals surface area contributed by atoms with E-state index in [1.165, 1.54) is 5.56 Å². The van der Waals surface area contributed by atoms with Crippen LogP contribution in [0.1, 0.15) is 29.8 Å². The van der Waals surface area contributed by atoms with Gasteiger partial charge in [-0.05, 0) is 30.4 Å². The van der Waals surface area contributed by atoms with E-state index in [-0.39, 0.29) is 24.4 Å². The summed E-state index contributed by atoms with van der Waals surface area (Å²) in [6.07, 6.45) is 0. The van der Waals surface area contributed by atoms with Crippen molar-refractivity contribution in [3.05, 3.63) is 35.4 Å². The largest absolute Gasteiger partial charge is 0.338 e. The molecule has 0 saturated heterocycles. The number of carbonyl (C=O) groups is 1. The van der Waals surface area contributed by atoms with E-state index in [0.717, 1.165) is 17.1 Å². The lowest BCUT2D eigenvalue weighted by Crippen LogP contribution is -2.39. The molecule has 0 fully saturated rings. The molecule has 2 N–H and O–H groups in total. The highest BCUT2D eigenvalue weighted by molar-refractivity contribution is 7.98. The summed E-state index contributed by atoms with van der Waals surface area (Å²) in [5, 5.41) is 0. The SMILES string of the molecule is CCSCc1ccc(C(=O)N(C)C(C)CN)cc1.Cl. The normalized spacial score (nSPS) is 11.6. The average Bonchev–Trinajstić information content (AvgIpc) is 2.43. The van der Waals surface area contributed by atoms with Gasteiger partial charge in [-0.1, -0.05) is 19.1 Å². The van der Waals surface area contributed by atoms with Crippen LogP contribution in [-0.4, -0.2) is 36.2 Å². The summed E-state index contributed by atoms with van der Waals surface area (Å²) >= 11 is 1.88. The maximum atomic E-state index is 12.1. The summed E-state index contributed by atoms with van der Waals surface area (Å²) in [6.45, 7) is 4.57. The Balaban J connectivity index is 0.00000324. The third-order valence-corrected chi connectivity index (χ3v) is 3.94. The first-order valence-corrected chi connectivity index (χ1v) is 7.39. The van der Waals surface area contributed by atoms with Crippen LogP contribution >= 0.6 is 24.2 Å². The van der Waals surface area contributed by atoms with Crippen LogP contribution < -0.4 is 5.73 Å². The molecule has 0 aliphatic carbocycles. The van der Waals surface area contributed by atoms with Crippen molar-refractivity contribution in [1.82, 2.24) is 4.90 Å². The van der Waals surface area contributed by atoms with Gasteiger partial charge in [0, 0.05) is 31.0 Å². The summed E-state index contributed by atoms with van der Waals surface area (Å²) in [5.41, 5.74) is 7.55. The van der Waals surface area contributed by atoms with Gasteiger partial charge in [-0.3, -0.25) is 4.79 Å². The topological polar surface area (TPSA) is 46.3 Å². The van der Waals surface area contributed by atoms with Gasteiger partial charge in [0.15, 0.2) is 0 Å². The Bertz CT molecular complexity index is 384. The van der Waals surface area contributed by atoms with Crippen LogP contribution in [0.25, 0.3) is 0 Å². The molecule has 1 aromatic rings. The van der Waals surface area contributed by atoms with E-state index in [2.05, 4.69) is 6.92 Å². The zero-order valence-corrected chi connectivity index (χ0v) is 13.4. The van der Waals surface area contributed by atoms with Crippen molar-refractivity contribution in [2.75, 3.05) is 19.3 Å². The Hall–Kier alpha value is -0.710. The molecule has 1 atom stereocenters. The Morgan fingerprint density at radius 1 is 1.37 bits per heavy atom. The molecular formula is C14H23ClN2OS. The molecule has 0 saturated carbocycles. The minimum Gasteiger partial charge on any atom is -0.338 e. The van der Waals surface area contributed by atoms with Crippen molar-refractivity contribution in [3.63, 3.8) is 0 Å². The van der Waals surface area contributed by atoms with Gasteiger partial charge < -0.3 is 10.6 Å². The fraction of sp³-hybridized carbons (Fsp3) is 0.500. The van der Waals surface area contributed by atoms with Gasteiger partial charge >= 0.3 is 0 Å². The zero-order valence-electron chi connectivity index (χ0n) is 11.8. The second kappa shape index (κ2) is 9.23. The molecule has 19 heavy (non-hydrogen) atoms. The maximum Gasteiger partial charge on any atom is 0.253 e. The van der Waals surface area contributed by atoms with Gasteiger partial charge in [-0.2, -0.15) is 11.8 Å². The molecule has 0 heterocycles. The van der Waals surface area contributed by atoms with Crippen LogP contribution in [0.15, 0.2) is 24.3 Å². The number of amides is 1. The summed E-state index contributed by atoms with van der Waals surface area (Å²) in [4.78, 5) is 13.8. The summed E-state index contributed by atoms with van der Waals surface area (Å²) in [7, 11) is 1.79. The predicted octanol–water partition coefficient (Wildman–Crippen LogP) is 2.78. The lowest BCUT2D eigenvalue weighted by Gasteiger charge is -2.23. The summed E-state index contributed by atoms with van der Waals surface area (Å²) in [6, 6.07) is 7.91. The minimum atomic E-state index is 0. The van der Waals surface area contributed by atoms with Crippen molar-refractivity contribution < 1.29 is 4.79 Å². The number of benzene rings is 1. The highest BCUT2D eigenvalue weighted by Gasteiger charge is 2.15. The Labute approximate surface area is 126 Å². The van der Waals surface area contributed by atoms with Gasteiger partial charge in [0.2, 0.25) is 0 Å². The van der Waals surface area contributed by atoms with Crippen molar-refractivity contribution in [3.8, 4) is 0 Å². The lowest BCUT2D eigenvalue weighted by molar-refractivity contribution is 0.0748. The van der Waals surface area contributed by atoms with Crippen LogP contribution in [0.4, 0.5) is 0 Å². The van der Waals surface area contributed by atoms with Crippen LogP contribution in [0.3, 0.4) is 0 Å². The third kappa shape index (κ3) is 5.43. The number of halogens is 1. The van der Waals surface area contributed by atoms with Crippen LogP contribution in [0, 0.1) is 0 Å². The van der Waals surface area contributed by atoms with E-state index in [1.807, 2.05) is 43.0 Å². The molecule has 5 heteroatoms. The molecule has 1 amide bonds. The van der Waals surface area contributed by atoms with E-state index in [0.29, 0.717) is 6.54 Å². The van der Waals surface area contributed by atoms with Gasteiger partial charge in [0.05, 0.1) is 0 Å². The number of carbonyl (C=O) groups excluding carboxylic acids is 1. The molecule has 0 spiro atoms. The molecular weight excluding hydrogens is 280 g/mol. The van der Waals surface area contributed by atoms with Gasteiger partial charge in [-0.25, -0.2) is 0 Å². The fourth-order valence-corrected chi connectivity index (χ4v) is 2.16. The molecule has 1 unspecified atom stereocenters. The van der Waals surface area contributed by atoms with Gasteiger partial charge in [-0.15, -0.1) is 12.4 Å². The average molecular weight is 303 g/mol. The number of rotatable bonds is 6. The summed E-state index contributed by atoms with van der Waals surface area (Å²) < 4.78 is 0. The quantitative estimate of drug-likeness (QED) is 0.879. The number of likely N-dealkylation sites (N-methyl/N-ethyl adjacent to an activating group) is 1. The van der Waals surface area contributed by atoms with Gasteiger partial charge in [0.1, 0.15) is 0 Å². The molecule has 1 rings (SSSR count). The first-order valence-electron chi connectivity index (χ1n) is 6.24. The number of nitrogens with zero attached hydrogens (tertiary/aromatic N) is 1. The predicted molar refractivity (Wildman–Crippen MR) is 86.1 cm³/mol. The molecule has 3 nitrogen and oxygen atoms in total. The molecule has 0 bridgehead atoms. The van der Waals surface area contributed by atoms with Crippen molar-refractivity contribution >= 4 is 30.1 Å². The zero-order chi connectivity index (χ0) is 13.5. The number of thioether (sulfide) groups is 1. The molecule has 1 aromatic carbocycles. The minimum absolute atomic E-state index is 0. The van der Waals surface area contributed by atoms with E-state index in [4.69, 9.17) is 5.73 Å². The molecule has 108 valence electrons. The smallest absolute Gasteiger partial charge is 0.253 e. The number of hydrogen-bond acceptors (Lipinski definition) is 3. The Morgan fingerprint density at radius 3 is 2.42 bits per heavy atom. The highest BCUT2D eigenvalue weighted by Crippen LogP contribution is 2.14. The van der Waals surface area contributed by atoms with Crippen molar-refractivity contribution in [1.29, 1.82) is 0 Å². The van der Waals surface area contributed by atoms with Crippen molar-refractivity contribution in [2.24, 2.45) is 5.73 Å². The second-order valence-corrected chi connectivity index (χ2v) is 5.61. The lowest BCUT2D eigenvalue weighted by atomic mass is 10.1. The number of nitrogens with two attached hydrogens (primary N) is 1. The third-order valence-electron chi connectivity index (χ3n) is 3.00. The fourth-order valence-electron chi connectivity index (χ4n) is 1.53. The van der Waals surface area contributed by atoms with Crippen LogP contribution in [-0.2, 0) is 5.75 Å². The molecule has 0 radical (unpaired) electrons. The molecule has 0 aliphatic heterocycles. The second-order valence-electron chi connectivity index (χ2n) is 4.33. The van der Waals surface area contributed by atoms with Crippen molar-refractivity contribution in [2.45, 2.75) is 25.6 Å². The molecule has 0 aliphatic rings. The van der Waals surface area contributed by atoms with Crippen LogP contribution in [0.2, 0.25) is 0 Å². The monoisotopic (exact) mass is 302 g/mol. The van der Waals surface area contributed by atoms with E-state index in [9.17, 15) is 4.79 Å². The van der Waals surface area contributed by atoms with E-state index in [1.54, 1.807) is 11.9 Å². The van der Waals surface area contributed by atoms with E-state index >= 15 is 0 Å². The number of hydrogen-bond donors (Lipinski definition) is 1. The summed E-state index contributed by atoms with van der Waals surface area (Å²) in [5.74, 6) is 2.14. The highest BCUT2D eigenvalue weighted by atomic mass is 35.5. The van der Waals surface area contributed by atoms with E-state index < -0.39 is 0 Å². The maximum absolute atomic E-state index is 12.1.